The van der Waals surface area contributed by atoms with Crippen molar-refractivity contribution in [2.24, 2.45) is 0 Å². The van der Waals surface area contributed by atoms with Crippen LogP contribution in [0.3, 0.4) is 0 Å². The van der Waals surface area contributed by atoms with Crippen molar-refractivity contribution in [2.75, 3.05) is 6.54 Å². The molecule has 0 bridgehead atoms. The molecule has 0 aromatic carbocycles. The van der Waals surface area contributed by atoms with E-state index >= 15 is 0 Å². The van der Waals surface area contributed by atoms with Gasteiger partial charge in [0.05, 0.1) is 0 Å². The SMILES string of the molecule is C1=C\C=C\C=C/CN\C=C/1. The zero-order valence-electron chi connectivity index (χ0n) is 5.83. The molecule has 1 nitrogen and oxygen atoms in total. The Bertz CT molecular complexity index is 163. The average molecular weight is 133 g/mol. The fourth-order valence-electron chi connectivity index (χ4n) is 0.663. The molecule has 1 heterocycles. The lowest BCUT2D eigenvalue weighted by Gasteiger charge is -1.91. The third kappa shape index (κ3) is 2.92. The van der Waals surface area contributed by atoms with E-state index in [4.69, 9.17) is 0 Å². The Morgan fingerprint density at radius 3 is 2.40 bits per heavy atom. The molecule has 0 atom stereocenters. The summed E-state index contributed by atoms with van der Waals surface area (Å²) in [4.78, 5) is 0. The minimum atomic E-state index is 0.898. The highest BCUT2D eigenvalue weighted by Crippen LogP contribution is 1.83. The highest BCUT2D eigenvalue weighted by molar-refractivity contribution is 5.16. The molecule has 1 N–H and O–H groups in total. The van der Waals surface area contributed by atoms with Crippen LogP contribution in [-0.2, 0) is 0 Å². The van der Waals surface area contributed by atoms with Gasteiger partial charge in [0.15, 0.2) is 0 Å². The predicted octanol–water partition coefficient (Wildman–Crippen LogP) is 1.77. The van der Waals surface area contributed by atoms with E-state index in [1.54, 1.807) is 0 Å². The molecule has 0 saturated heterocycles. The van der Waals surface area contributed by atoms with E-state index < -0.39 is 0 Å². The minimum absolute atomic E-state index is 0.898. The van der Waals surface area contributed by atoms with Crippen molar-refractivity contribution in [1.82, 2.24) is 5.32 Å². The second-order valence-electron chi connectivity index (χ2n) is 1.97. The van der Waals surface area contributed by atoms with Crippen molar-refractivity contribution in [3.05, 3.63) is 48.7 Å². The van der Waals surface area contributed by atoms with Crippen molar-refractivity contribution in [3.63, 3.8) is 0 Å². The highest BCUT2D eigenvalue weighted by atomic mass is 14.8. The maximum atomic E-state index is 3.10. The van der Waals surface area contributed by atoms with Crippen LogP contribution in [0.1, 0.15) is 0 Å². The van der Waals surface area contributed by atoms with Crippen LogP contribution in [0.5, 0.6) is 0 Å². The van der Waals surface area contributed by atoms with E-state index in [0.717, 1.165) is 6.54 Å². The van der Waals surface area contributed by atoms with Gasteiger partial charge in [0.25, 0.3) is 0 Å². The molecule has 1 aliphatic heterocycles. The summed E-state index contributed by atoms with van der Waals surface area (Å²) in [5, 5.41) is 3.10. The molecule has 0 fully saturated rings. The second-order valence-corrected chi connectivity index (χ2v) is 1.97. The van der Waals surface area contributed by atoms with Crippen LogP contribution in [0.4, 0.5) is 0 Å². The van der Waals surface area contributed by atoms with E-state index in [1.807, 2.05) is 42.7 Å². The molecule has 0 radical (unpaired) electrons. The molecule has 1 aliphatic rings. The lowest BCUT2D eigenvalue weighted by Crippen LogP contribution is -2.02. The zero-order valence-corrected chi connectivity index (χ0v) is 5.83. The van der Waals surface area contributed by atoms with E-state index in [-0.39, 0.29) is 0 Å². The average Bonchev–Trinajstić information content (AvgIpc) is 2.01. The fourth-order valence-corrected chi connectivity index (χ4v) is 0.663. The molecular weight excluding hydrogens is 122 g/mol. The number of hydrogen-bond donors (Lipinski definition) is 1. The molecule has 1 rings (SSSR count). The Kier molecular flexibility index (Phi) is 3.18. The van der Waals surface area contributed by atoms with Crippen LogP contribution in [0.2, 0.25) is 0 Å². The lowest BCUT2D eigenvalue weighted by molar-refractivity contribution is 0.985. The van der Waals surface area contributed by atoms with Crippen LogP contribution >= 0.6 is 0 Å². The largest absolute Gasteiger partial charge is 0.387 e. The van der Waals surface area contributed by atoms with Gasteiger partial charge >= 0.3 is 0 Å². The number of hydrogen-bond acceptors (Lipinski definition) is 1. The van der Waals surface area contributed by atoms with E-state index in [9.17, 15) is 0 Å². The van der Waals surface area contributed by atoms with Gasteiger partial charge in [-0.2, -0.15) is 0 Å². The molecule has 0 spiro atoms. The number of nitrogens with one attached hydrogen (secondary N) is 1. The summed E-state index contributed by atoms with van der Waals surface area (Å²) >= 11 is 0. The monoisotopic (exact) mass is 133 g/mol. The van der Waals surface area contributed by atoms with E-state index in [0.29, 0.717) is 0 Å². The van der Waals surface area contributed by atoms with Crippen molar-refractivity contribution in [2.45, 2.75) is 0 Å². The van der Waals surface area contributed by atoms with Gasteiger partial charge in [-0.05, 0) is 12.3 Å². The zero-order chi connectivity index (χ0) is 7.07. The van der Waals surface area contributed by atoms with Crippen LogP contribution in [0, 0.1) is 0 Å². The summed E-state index contributed by atoms with van der Waals surface area (Å²) in [5.74, 6) is 0. The minimum Gasteiger partial charge on any atom is -0.387 e. The quantitative estimate of drug-likeness (QED) is 0.531. The summed E-state index contributed by atoms with van der Waals surface area (Å²) in [7, 11) is 0. The predicted molar refractivity (Wildman–Crippen MR) is 44.6 cm³/mol. The first-order chi connectivity index (χ1) is 5.00. The molecule has 0 saturated carbocycles. The summed E-state index contributed by atoms with van der Waals surface area (Å²) in [6.45, 7) is 0.898. The van der Waals surface area contributed by atoms with Crippen LogP contribution < -0.4 is 5.32 Å². The van der Waals surface area contributed by atoms with Crippen molar-refractivity contribution in [3.8, 4) is 0 Å². The van der Waals surface area contributed by atoms with Gasteiger partial charge in [0.1, 0.15) is 0 Å². The van der Waals surface area contributed by atoms with Crippen molar-refractivity contribution in [1.29, 1.82) is 0 Å². The van der Waals surface area contributed by atoms with Gasteiger partial charge in [-0.15, -0.1) is 0 Å². The van der Waals surface area contributed by atoms with Crippen LogP contribution in [0.15, 0.2) is 48.7 Å². The maximum absolute atomic E-state index is 3.10. The van der Waals surface area contributed by atoms with Crippen molar-refractivity contribution < 1.29 is 0 Å². The van der Waals surface area contributed by atoms with Gasteiger partial charge in [0.2, 0.25) is 0 Å². The third-order valence-corrected chi connectivity index (χ3v) is 1.14. The molecule has 1 heteroatoms. The molecule has 0 amide bonds. The summed E-state index contributed by atoms with van der Waals surface area (Å²) in [6.07, 6.45) is 16.0. The maximum Gasteiger partial charge on any atom is 0.0328 e. The molecule has 52 valence electrons. The molecule has 10 heavy (non-hydrogen) atoms. The van der Waals surface area contributed by atoms with Gasteiger partial charge in [0, 0.05) is 6.54 Å². The Hall–Kier alpha value is -1.24. The smallest absolute Gasteiger partial charge is 0.0328 e. The molecule has 0 unspecified atom stereocenters. The first-order valence-electron chi connectivity index (χ1n) is 3.38. The first kappa shape index (κ1) is 6.87. The Morgan fingerprint density at radius 2 is 1.50 bits per heavy atom. The van der Waals surface area contributed by atoms with E-state index in [2.05, 4.69) is 11.4 Å². The number of allylic oxidation sites excluding steroid dienone is 6. The molecule has 0 aliphatic carbocycles. The standard InChI is InChI=1S/C9H11N/c1-2-4-6-8-10-9-7-5-3-1/h1-8,10H,9H2/b3-1+,4-2-,7-5-,8-6-. The third-order valence-electron chi connectivity index (χ3n) is 1.14. The van der Waals surface area contributed by atoms with Crippen LogP contribution in [-0.4, -0.2) is 6.54 Å². The van der Waals surface area contributed by atoms with Gasteiger partial charge in [-0.25, -0.2) is 0 Å². The Labute approximate surface area is 61.4 Å². The highest BCUT2D eigenvalue weighted by Gasteiger charge is 1.71. The summed E-state index contributed by atoms with van der Waals surface area (Å²) in [6, 6.07) is 0. The topological polar surface area (TPSA) is 12.0 Å². The van der Waals surface area contributed by atoms with Gasteiger partial charge < -0.3 is 5.32 Å². The van der Waals surface area contributed by atoms with E-state index in [1.165, 1.54) is 0 Å². The Balaban J connectivity index is 2.53. The first-order valence-corrected chi connectivity index (χ1v) is 3.38. The van der Waals surface area contributed by atoms with Crippen LogP contribution in [0.25, 0.3) is 0 Å². The molecular formula is C9H11N. The molecule has 0 aromatic rings. The van der Waals surface area contributed by atoms with Gasteiger partial charge in [-0.3, -0.25) is 0 Å². The fraction of sp³-hybridized carbons (Fsp3) is 0.111. The van der Waals surface area contributed by atoms with Gasteiger partial charge in [-0.1, -0.05) is 36.5 Å². The van der Waals surface area contributed by atoms with Crippen molar-refractivity contribution >= 4 is 0 Å². The molecule has 0 aromatic heterocycles. The summed E-state index contributed by atoms with van der Waals surface area (Å²) in [5.41, 5.74) is 0. The lowest BCUT2D eigenvalue weighted by atomic mass is 10.4. The second kappa shape index (κ2) is 4.62. The Morgan fingerprint density at radius 1 is 0.800 bits per heavy atom. The summed E-state index contributed by atoms with van der Waals surface area (Å²) < 4.78 is 0. The number of rotatable bonds is 0. The normalized spacial score (nSPS) is 29.6.